The van der Waals surface area contributed by atoms with Crippen LogP contribution in [0.25, 0.3) is 22.0 Å². The Bertz CT molecular complexity index is 1020. The number of rotatable bonds is 4. The molecule has 5 heteroatoms. The number of ether oxygens (including phenoxy) is 2. The second-order valence-corrected chi connectivity index (χ2v) is 8.09. The summed E-state index contributed by atoms with van der Waals surface area (Å²) in [5, 5.41) is 2.33. The highest BCUT2D eigenvalue weighted by Crippen LogP contribution is 2.26. The maximum absolute atomic E-state index is 12.5. The van der Waals surface area contributed by atoms with Crippen LogP contribution in [-0.2, 0) is 9.53 Å². The number of aromatic nitrogens is 1. The van der Waals surface area contributed by atoms with Gasteiger partial charge in [-0.05, 0) is 48.6 Å². The van der Waals surface area contributed by atoms with Crippen molar-refractivity contribution in [2.45, 2.75) is 37.9 Å². The van der Waals surface area contributed by atoms with Crippen LogP contribution >= 0.6 is 0 Å². The van der Waals surface area contributed by atoms with Gasteiger partial charge < -0.3 is 14.4 Å². The van der Waals surface area contributed by atoms with Gasteiger partial charge in [0.05, 0.1) is 5.69 Å². The normalized spacial score (nSPS) is 19.9. The van der Waals surface area contributed by atoms with Crippen molar-refractivity contribution in [2.24, 2.45) is 0 Å². The Kier molecular flexibility index (Phi) is 5.37. The summed E-state index contributed by atoms with van der Waals surface area (Å²) in [5.41, 5.74) is 2.03. The number of fused-ring (bicyclic) bond motifs is 1. The second-order valence-electron chi connectivity index (χ2n) is 8.09. The Hall–Kier alpha value is -2.92. The number of piperidine rings is 1. The lowest BCUT2D eigenvalue weighted by molar-refractivity contribution is -0.142. The van der Waals surface area contributed by atoms with Gasteiger partial charge in [-0.15, -0.1) is 0 Å². The molecular weight excluding hydrogens is 376 g/mol. The van der Waals surface area contributed by atoms with Crippen LogP contribution in [0.2, 0.25) is 0 Å². The number of amides is 1. The number of carbonyl (C=O) groups excluding carboxylic acids is 1. The maximum Gasteiger partial charge on any atom is 0.251 e. The zero-order valence-electron chi connectivity index (χ0n) is 17.0. The molecule has 0 bridgehead atoms. The van der Waals surface area contributed by atoms with Gasteiger partial charge in [0.1, 0.15) is 18.0 Å². The Balaban J connectivity index is 1.19. The van der Waals surface area contributed by atoms with Crippen LogP contribution in [0.4, 0.5) is 0 Å². The van der Waals surface area contributed by atoms with Gasteiger partial charge in [-0.1, -0.05) is 24.3 Å². The van der Waals surface area contributed by atoms with Crippen LogP contribution in [-0.4, -0.2) is 47.7 Å². The van der Waals surface area contributed by atoms with E-state index in [1.807, 2.05) is 35.4 Å². The van der Waals surface area contributed by atoms with Crippen molar-refractivity contribution in [1.82, 2.24) is 9.88 Å². The summed E-state index contributed by atoms with van der Waals surface area (Å²) < 4.78 is 11.7. The molecule has 3 heterocycles. The van der Waals surface area contributed by atoms with Gasteiger partial charge in [-0.3, -0.25) is 9.78 Å². The molecule has 2 aliphatic rings. The van der Waals surface area contributed by atoms with E-state index >= 15 is 0 Å². The van der Waals surface area contributed by atoms with E-state index in [1.54, 1.807) is 0 Å². The topological polar surface area (TPSA) is 51.7 Å². The molecule has 2 aromatic carbocycles. The molecule has 0 radical (unpaired) electrons. The number of pyridine rings is 1. The Labute approximate surface area is 176 Å². The molecule has 3 aromatic rings. The first-order valence-electron chi connectivity index (χ1n) is 10.8. The fourth-order valence-corrected chi connectivity index (χ4v) is 4.31. The summed E-state index contributed by atoms with van der Waals surface area (Å²) in [7, 11) is 0. The summed E-state index contributed by atoms with van der Waals surface area (Å²) in [6.07, 6.45) is 5.38. The fraction of sp³-hybridized carbons (Fsp3) is 0.360. The third-order valence-electron chi connectivity index (χ3n) is 6.04. The molecule has 0 N–H and O–H groups in total. The first-order valence-corrected chi connectivity index (χ1v) is 10.8. The Morgan fingerprint density at radius 2 is 1.77 bits per heavy atom. The zero-order chi connectivity index (χ0) is 20.3. The molecule has 1 amide bonds. The molecule has 2 saturated heterocycles. The van der Waals surface area contributed by atoms with Crippen molar-refractivity contribution in [3.8, 4) is 17.0 Å². The summed E-state index contributed by atoms with van der Waals surface area (Å²) in [4.78, 5) is 19.0. The average molecular weight is 402 g/mol. The molecule has 0 aliphatic carbocycles. The number of hydrogen-bond acceptors (Lipinski definition) is 4. The first kappa shape index (κ1) is 19.1. The van der Waals surface area contributed by atoms with Gasteiger partial charge in [0, 0.05) is 49.7 Å². The summed E-state index contributed by atoms with van der Waals surface area (Å²) >= 11 is 0. The van der Waals surface area contributed by atoms with Crippen molar-refractivity contribution in [2.75, 3.05) is 19.7 Å². The average Bonchev–Trinajstić information content (AvgIpc) is 3.34. The summed E-state index contributed by atoms with van der Waals surface area (Å²) in [6, 6.07) is 18.5. The van der Waals surface area contributed by atoms with E-state index in [1.165, 1.54) is 5.39 Å². The van der Waals surface area contributed by atoms with Gasteiger partial charge in [0.15, 0.2) is 0 Å². The molecule has 2 aliphatic heterocycles. The van der Waals surface area contributed by atoms with Crippen molar-refractivity contribution < 1.29 is 14.3 Å². The third kappa shape index (κ3) is 4.03. The van der Waals surface area contributed by atoms with Crippen LogP contribution in [0.1, 0.15) is 25.7 Å². The van der Waals surface area contributed by atoms with Gasteiger partial charge in [0.2, 0.25) is 0 Å². The minimum Gasteiger partial charge on any atom is -0.490 e. The first-order chi connectivity index (χ1) is 14.8. The maximum atomic E-state index is 12.5. The molecule has 2 fully saturated rings. The number of hydrogen-bond donors (Lipinski definition) is 0. The lowest BCUT2D eigenvalue weighted by atomic mass is 10.1. The molecule has 1 atom stereocenters. The molecule has 0 unspecified atom stereocenters. The lowest BCUT2D eigenvalue weighted by Gasteiger charge is -2.33. The summed E-state index contributed by atoms with van der Waals surface area (Å²) in [6.45, 7) is 2.19. The molecular formula is C25H26N2O3. The van der Waals surface area contributed by atoms with Gasteiger partial charge in [0.25, 0.3) is 5.91 Å². The predicted octanol–water partition coefficient (Wildman–Crippen LogP) is 4.45. The van der Waals surface area contributed by atoms with Crippen LogP contribution in [0.5, 0.6) is 5.75 Å². The van der Waals surface area contributed by atoms with E-state index in [0.717, 1.165) is 61.2 Å². The molecule has 30 heavy (non-hydrogen) atoms. The van der Waals surface area contributed by atoms with E-state index < -0.39 is 0 Å². The lowest BCUT2D eigenvalue weighted by Crippen LogP contribution is -2.45. The minimum atomic E-state index is -0.223. The molecule has 0 saturated carbocycles. The third-order valence-corrected chi connectivity index (χ3v) is 6.04. The zero-order valence-corrected chi connectivity index (χ0v) is 17.0. The molecule has 1 aromatic heterocycles. The van der Waals surface area contributed by atoms with E-state index in [-0.39, 0.29) is 18.1 Å². The van der Waals surface area contributed by atoms with Crippen molar-refractivity contribution >= 4 is 16.7 Å². The summed E-state index contributed by atoms with van der Waals surface area (Å²) in [5.74, 6) is 1.02. The highest BCUT2D eigenvalue weighted by Gasteiger charge is 2.31. The minimum absolute atomic E-state index is 0.142. The van der Waals surface area contributed by atoms with Crippen molar-refractivity contribution in [3.63, 3.8) is 0 Å². The van der Waals surface area contributed by atoms with E-state index in [0.29, 0.717) is 6.61 Å². The largest absolute Gasteiger partial charge is 0.490 e. The molecule has 5 rings (SSSR count). The standard InChI is InChI=1S/C25H26N2O3/c28-25(24-6-3-15-29-24)27-13-11-22(12-14-27)30-21-9-7-18(8-10-21)23-16-19-4-1-2-5-20(19)17-26-23/h1-2,4-5,7-10,16-17,22,24H,3,6,11-15H2/t24-/m1/s1. The molecule has 0 spiro atoms. The highest BCUT2D eigenvalue weighted by molar-refractivity contribution is 5.85. The van der Waals surface area contributed by atoms with Gasteiger partial charge in [-0.2, -0.15) is 0 Å². The number of likely N-dealkylation sites (tertiary alicyclic amines) is 1. The van der Waals surface area contributed by atoms with E-state index in [4.69, 9.17) is 9.47 Å². The Morgan fingerprint density at radius 1 is 1.00 bits per heavy atom. The van der Waals surface area contributed by atoms with E-state index in [9.17, 15) is 4.79 Å². The quantitative estimate of drug-likeness (QED) is 0.647. The monoisotopic (exact) mass is 402 g/mol. The number of carbonyl (C=O) groups is 1. The van der Waals surface area contributed by atoms with Gasteiger partial charge in [-0.25, -0.2) is 0 Å². The predicted molar refractivity (Wildman–Crippen MR) is 116 cm³/mol. The highest BCUT2D eigenvalue weighted by atomic mass is 16.5. The van der Waals surface area contributed by atoms with Gasteiger partial charge >= 0.3 is 0 Å². The van der Waals surface area contributed by atoms with Crippen LogP contribution < -0.4 is 4.74 Å². The van der Waals surface area contributed by atoms with Crippen molar-refractivity contribution in [3.05, 3.63) is 60.8 Å². The van der Waals surface area contributed by atoms with Crippen LogP contribution in [0.3, 0.4) is 0 Å². The fourth-order valence-electron chi connectivity index (χ4n) is 4.31. The Morgan fingerprint density at radius 3 is 2.50 bits per heavy atom. The van der Waals surface area contributed by atoms with Crippen molar-refractivity contribution in [1.29, 1.82) is 0 Å². The van der Waals surface area contributed by atoms with Crippen LogP contribution in [0.15, 0.2) is 60.8 Å². The number of nitrogens with zero attached hydrogens (tertiary/aromatic N) is 2. The van der Waals surface area contributed by atoms with Crippen LogP contribution in [0, 0.1) is 0 Å². The molecule has 5 nitrogen and oxygen atoms in total. The van der Waals surface area contributed by atoms with E-state index in [2.05, 4.69) is 35.3 Å². The second kappa shape index (κ2) is 8.44. The SMILES string of the molecule is O=C([C@H]1CCCO1)N1CCC(Oc2ccc(-c3cc4ccccc4cn3)cc2)CC1. The smallest absolute Gasteiger partial charge is 0.251 e. The number of benzene rings is 2. The molecule has 154 valence electrons.